The third-order valence-corrected chi connectivity index (χ3v) is 2.31. The van der Waals surface area contributed by atoms with Crippen LogP contribution in [0.3, 0.4) is 0 Å². The van der Waals surface area contributed by atoms with Crippen molar-refractivity contribution in [2.45, 2.75) is 19.4 Å². The molecule has 0 atom stereocenters. The highest BCUT2D eigenvalue weighted by Crippen LogP contribution is 2.27. The van der Waals surface area contributed by atoms with E-state index in [2.05, 4.69) is 10.3 Å². The van der Waals surface area contributed by atoms with E-state index in [1.54, 1.807) is 12.3 Å². The Morgan fingerprint density at radius 3 is 2.92 bits per heavy atom. The van der Waals surface area contributed by atoms with Crippen molar-refractivity contribution in [1.29, 1.82) is 0 Å². The second kappa shape index (κ2) is 3.75. The van der Waals surface area contributed by atoms with Gasteiger partial charge >= 0.3 is 0 Å². The Morgan fingerprint density at radius 2 is 2.31 bits per heavy atom. The topological polar surface area (TPSA) is 44.9 Å². The van der Waals surface area contributed by atoms with Crippen LogP contribution in [-0.4, -0.2) is 11.5 Å². The van der Waals surface area contributed by atoms with Crippen LogP contribution in [0.25, 0.3) is 0 Å². The third kappa shape index (κ3) is 2.70. The molecule has 3 nitrogen and oxygen atoms in total. The molecule has 0 aliphatic heterocycles. The second-order valence-electron chi connectivity index (χ2n) is 3.64. The van der Waals surface area contributed by atoms with Crippen LogP contribution < -0.4 is 10.9 Å². The molecule has 3 heteroatoms. The van der Waals surface area contributed by atoms with Gasteiger partial charge in [0.05, 0.1) is 0 Å². The number of hydrogen-bond acceptors (Lipinski definition) is 2. The summed E-state index contributed by atoms with van der Waals surface area (Å²) >= 11 is 0. The molecule has 1 aromatic rings. The summed E-state index contributed by atoms with van der Waals surface area (Å²) in [5.41, 5.74) is 1.10. The molecule has 0 aromatic carbocycles. The van der Waals surface area contributed by atoms with Gasteiger partial charge in [-0.25, -0.2) is 0 Å². The van der Waals surface area contributed by atoms with Crippen molar-refractivity contribution < 1.29 is 0 Å². The van der Waals surface area contributed by atoms with E-state index in [9.17, 15) is 4.79 Å². The molecule has 1 aliphatic carbocycles. The van der Waals surface area contributed by atoms with Gasteiger partial charge in [0.15, 0.2) is 0 Å². The SMILES string of the molecule is O=c1ccc(CNCC2CC2)c[nH]1. The van der Waals surface area contributed by atoms with Gasteiger partial charge in [-0.1, -0.05) is 6.07 Å². The standard InChI is InChI=1S/C10H14N2O/c13-10-4-3-9(7-12-10)6-11-5-8-1-2-8/h3-4,7-8,11H,1-2,5-6H2,(H,12,13). The highest BCUT2D eigenvalue weighted by molar-refractivity contribution is 5.08. The number of pyridine rings is 1. The first kappa shape index (κ1) is 8.51. The molecule has 1 aliphatic rings. The molecule has 1 heterocycles. The monoisotopic (exact) mass is 178 g/mol. The predicted octanol–water partition coefficient (Wildman–Crippen LogP) is 0.874. The zero-order chi connectivity index (χ0) is 9.10. The van der Waals surface area contributed by atoms with Crippen molar-refractivity contribution in [3.8, 4) is 0 Å². The minimum absolute atomic E-state index is 0.0362. The van der Waals surface area contributed by atoms with Crippen molar-refractivity contribution in [1.82, 2.24) is 10.3 Å². The molecular formula is C10H14N2O. The summed E-state index contributed by atoms with van der Waals surface area (Å²) in [6.45, 7) is 1.96. The molecule has 0 radical (unpaired) electrons. The smallest absolute Gasteiger partial charge is 0.247 e. The number of rotatable bonds is 4. The summed E-state index contributed by atoms with van der Waals surface area (Å²) in [5, 5.41) is 3.36. The van der Waals surface area contributed by atoms with Crippen LogP contribution in [-0.2, 0) is 6.54 Å². The molecule has 0 saturated heterocycles. The summed E-state index contributed by atoms with van der Waals surface area (Å²) in [5.74, 6) is 0.905. The Morgan fingerprint density at radius 1 is 1.46 bits per heavy atom. The second-order valence-corrected chi connectivity index (χ2v) is 3.64. The molecule has 0 amide bonds. The van der Waals surface area contributed by atoms with Gasteiger partial charge in [0.25, 0.3) is 0 Å². The van der Waals surface area contributed by atoms with Gasteiger partial charge < -0.3 is 10.3 Å². The van der Waals surface area contributed by atoms with Crippen LogP contribution in [0.2, 0.25) is 0 Å². The van der Waals surface area contributed by atoms with E-state index in [-0.39, 0.29) is 5.56 Å². The summed E-state index contributed by atoms with van der Waals surface area (Å²) in [6.07, 6.45) is 4.51. The van der Waals surface area contributed by atoms with Crippen LogP contribution in [0.5, 0.6) is 0 Å². The lowest BCUT2D eigenvalue weighted by Gasteiger charge is -2.02. The van der Waals surface area contributed by atoms with E-state index in [1.807, 2.05) is 6.07 Å². The van der Waals surface area contributed by atoms with Crippen LogP contribution >= 0.6 is 0 Å². The third-order valence-electron chi connectivity index (χ3n) is 2.31. The van der Waals surface area contributed by atoms with Gasteiger partial charge in [-0.15, -0.1) is 0 Å². The minimum Gasteiger partial charge on any atom is -0.329 e. The minimum atomic E-state index is -0.0362. The van der Waals surface area contributed by atoms with Crippen LogP contribution in [0, 0.1) is 5.92 Å². The quantitative estimate of drug-likeness (QED) is 0.718. The molecule has 2 N–H and O–H groups in total. The van der Waals surface area contributed by atoms with E-state index in [0.717, 1.165) is 24.6 Å². The first-order valence-electron chi connectivity index (χ1n) is 4.73. The summed E-state index contributed by atoms with van der Waals surface area (Å²) in [7, 11) is 0. The number of H-pyrrole nitrogens is 1. The van der Waals surface area contributed by atoms with Crippen molar-refractivity contribution in [3.05, 3.63) is 34.2 Å². The lowest BCUT2D eigenvalue weighted by Crippen LogP contribution is -2.17. The maximum Gasteiger partial charge on any atom is 0.247 e. The lowest BCUT2D eigenvalue weighted by molar-refractivity contribution is 0.637. The van der Waals surface area contributed by atoms with Crippen molar-refractivity contribution in [2.75, 3.05) is 6.54 Å². The summed E-state index contributed by atoms with van der Waals surface area (Å²) < 4.78 is 0. The molecule has 1 aromatic heterocycles. The largest absolute Gasteiger partial charge is 0.329 e. The average molecular weight is 178 g/mol. The van der Waals surface area contributed by atoms with Crippen LogP contribution in [0.4, 0.5) is 0 Å². The fourth-order valence-electron chi connectivity index (χ4n) is 1.30. The van der Waals surface area contributed by atoms with Gasteiger partial charge in [-0.3, -0.25) is 4.79 Å². The number of aromatic nitrogens is 1. The molecule has 0 bridgehead atoms. The van der Waals surface area contributed by atoms with Crippen LogP contribution in [0.1, 0.15) is 18.4 Å². The Bertz CT molecular complexity index is 307. The first-order valence-corrected chi connectivity index (χ1v) is 4.73. The van der Waals surface area contributed by atoms with Crippen molar-refractivity contribution in [3.63, 3.8) is 0 Å². The van der Waals surface area contributed by atoms with Gasteiger partial charge in [-0.05, 0) is 30.9 Å². The van der Waals surface area contributed by atoms with Gasteiger partial charge in [-0.2, -0.15) is 0 Å². The molecule has 70 valence electrons. The fourth-order valence-corrected chi connectivity index (χ4v) is 1.30. The Balaban J connectivity index is 1.79. The Kier molecular flexibility index (Phi) is 2.45. The summed E-state index contributed by atoms with van der Waals surface area (Å²) in [4.78, 5) is 13.4. The van der Waals surface area contributed by atoms with E-state index in [1.165, 1.54) is 12.8 Å². The highest BCUT2D eigenvalue weighted by Gasteiger charge is 2.19. The van der Waals surface area contributed by atoms with Crippen LogP contribution in [0.15, 0.2) is 23.1 Å². The molecular weight excluding hydrogens is 164 g/mol. The molecule has 13 heavy (non-hydrogen) atoms. The first-order chi connectivity index (χ1) is 6.34. The Hall–Kier alpha value is -1.09. The zero-order valence-electron chi connectivity index (χ0n) is 7.55. The van der Waals surface area contributed by atoms with Gasteiger partial charge in [0.2, 0.25) is 5.56 Å². The molecule has 1 fully saturated rings. The summed E-state index contributed by atoms with van der Waals surface area (Å²) in [6, 6.07) is 3.42. The van der Waals surface area contributed by atoms with E-state index >= 15 is 0 Å². The number of nitrogens with one attached hydrogen (secondary N) is 2. The van der Waals surface area contributed by atoms with Crippen molar-refractivity contribution in [2.24, 2.45) is 5.92 Å². The zero-order valence-corrected chi connectivity index (χ0v) is 7.55. The van der Waals surface area contributed by atoms with E-state index in [4.69, 9.17) is 0 Å². The maximum atomic E-state index is 10.7. The lowest BCUT2D eigenvalue weighted by atomic mass is 10.3. The average Bonchev–Trinajstić information content (AvgIpc) is 2.92. The molecule has 2 rings (SSSR count). The Labute approximate surface area is 77.2 Å². The maximum absolute atomic E-state index is 10.7. The highest BCUT2D eigenvalue weighted by atomic mass is 16.1. The van der Waals surface area contributed by atoms with Crippen molar-refractivity contribution >= 4 is 0 Å². The predicted molar refractivity (Wildman–Crippen MR) is 51.5 cm³/mol. The normalized spacial score (nSPS) is 16.0. The number of aromatic amines is 1. The number of hydrogen-bond donors (Lipinski definition) is 2. The molecule has 1 saturated carbocycles. The molecule has 0 unspecified atom stereocenters. The van der Waals surface area contributed by atoms with Gasteiger partial charge in [0, 0.05) is 18.8 Å². The van der Waals surface area contributed by atoms with E-state index in [0.29, 0.717) is 0 Å². The fraction of sp³-hybridized carbons (Fsp3) is 0.500. The molecule has 0 spiro atoms. The van der Waals surface area contributed by atoms with Gasteiger partial charge in [0.1, 0.15) is 0 Å². The van der Waals surface area contributed by atoms with E-state index < -0.39 is 0 Å².